The minimum absolute atomic E-state index is 0.0210. The van der Waals surface area contributed by atoms with Crippen molar-refractivity contribution in [2.24, 2.45) is 0 Å². The largest absolute Gasteiger partial charge is 0.434 e. The molecule has 0 aliphatic carbocycles. The second kappa shape index (κ2) is 6.71. The van der Waals surface area contributed by atoms with Gasteiger partial charge in [0.15, 0.2) is 0 Å². The van der Waals surface area contributed by atoms with Gasteiger partial charge in [0.1, 0.15) is 5.75 Å². The third-order valence-electron chi connectivity index (χ3n) is 2.85. The van der Waals surface area contributed by atoms with Crippen molar-refractivity contribution in [1.29, 1.82) is 0 Å². The number of rotatable bonds is 3. The fraction of sp³-hybridized carbons (Fsp3) is 0.143. The lowest BCUT2D eigenvalue weighted by Gasteiger charge is -2.15. The topological polar surface area (TPSA) is 9.23 Å². The molecule has 0 saturated carbocycles. The molecule has 0 atom stereocenters. The maximum atomic E-state index is 13.0. The van der Waals surface area contributed by atoms with Gasteiger partial charge in [0.05, 0.1) is 20.6 Å². The van der Waals surface area contributed by atoms with Crippen LogP contribution in [-0.2, 0) is 6.18 Å². The molecule has 1 nitrogen and oxygen atoms in total. The molecule has 0 aliphatic rings. The van der Waals surface area contributed by atoms with Crippen LogP contribution in [-0.4, -0.2) is 6.61 Å². The molecule has 0 heterocycles. The highest BCUT2D eigenvalue weighted by Crippen LogP contribution is 2.42. The van der Waals surface area contributed by atoms with Crippen molar-refractivity contribution < 1.29 is 26.7 Å². The molecular formula is C14H6Cl3F5O. The summed E-state index contributed by atoms with van der Waals surface area (Å²) in [6.07, 6.45) is -4.89. The number of benzene rings is 2. The van der Waals surface area contributed by atoms with Gasteiger partial charge in [-0.1, -0.05) is 46.9 Å². The average Bonchev–Trinajstić information content (AvgIpc) is 2.44. The van der Waals surface area contributed by atoms with Gasteiger partial charge >= 0.3 is 12.8 Å². The lowest BCUT2D eigenvalue weighted by atomic mass is 10.0. The van der Waals surface area contributed by atoms with Crippen LogP contribution in [0.5, 0.6) is 5.75 Å². The second-order valence-corrected chi connectivity index (χ2v) is 5.47. The summed E-state index contributed by atoms with van der Waals surface area (Å²) in [7, 11) is 0. The first kappa shape index (κ1) is 18.1. The van der Waals surface area contributed by atoms with Crippen molar-refractivity contribution in [2.75, 3.05) is 0 Å². The van der Waals surface area contributed by atoms with Crippen molar-refractivity contribution in [3.05, 3.63) is 51.0 Å². The normalized spacial score (nSPS) is 11.9. The Labute approximate surface area is 142 Å². The molecular weight excluding hydrogens is 386 g/mol. The van der Waals surface area contributed by atoms with Crippen LogP contribution >= 0.6 is 34.8 Å². The van der Waals surface area contributed by atoms with E-state index in [0.717, 1.165) is 6.07 Å². The van der Waals surface area contributed by atoms with Gasteiger partial charge in [-0.2, -0.15) is 22.0 Å². The predicted octanol–water partition coefficient (Wildman–Crippen LogP) is 6.93. The van der Waals surface area contributed by atoms with Gasteiger partial charge in [-0.05, 0) is 23.8 Å². The molecule has 0 aromatic heterocycles. The molecule has 0 bridgehead atoms. The van der Waals surface area contributed by atoms with Crippen LogP contribution in [0.25, 0.3) is 11.1 Å². The van der Waals surface area contributed by atoms with E-state index in [2.05, 4.69) is 4.74 Å². The van der Waals surface area contributed by atoms with Crippen molar-refractivity contribution in [3.8, 4) is 16.9 Å². The highest BCUT2D eigenvalue weighted by Gasteiger charge is 2.35. The van der Waals surface area contributed by atoms with E-state index in [9.17, 15) is 22.0 Å². The van der Waals surface area contributed by atoms with E-state index in [-0.39, 0.29) is 26.2 Å². The zero-order valence-electron chi connectivity index (χ0n) is 10.9. The summed E-state index contributed by atoms with van der Waals surface area (Å²) in [5.41, 5.74) is -1.14. The third kappa shape index (κ3) is 4.00. The first-order valence-electron chi connectivity index (χ1n) is 5.91. The molecule has 9 heteroatoms. The Balaban J connectivity index is 2.60. The summed E-state index contributed by atoms with van der Waals surface area (Å²) >= 11 is 17.6. The van der Waals surface area contributed by atoms with Crippen molar-refractivity contribution in [1.82, 2.24) is 0 Å². The van der Waals surface area contributed by atoms with Gasteiger partial charge < -0.3 is 4.74 Å². The number of alkyl halides is 5. The molecule has 124 valence electrons. The zero-order chi connectivity index (χ0) is 17.4. The van der Waals surface area contributed by atoms with Crippen molar-refractivity contribution >= 4 is 34.8 Å². The van der Waals surface area contributed by atoms with Crippen molar-refractivity contribution in [3.63, 3.8) is 0 Å². The van der Waals surface area contributed by atoms with E-state index < -0.39 is 24.1 Å². The highest BCUT2D eigenvalue weighted by atomic mass is 35.5. The number of halogens is 8. The lowest BCUT2D eigenvalue weighted by molar-refractivity contribution is -0.141. The Kier molecular flexibility index (Phi) is 5.28. The molecule has 0 N–H and O–H groups in total. The van der Waals surface area contributed by atoms with Gasteiger partial charge in [0.2, 0.25) is 0 Å². The van der Waals surface area contributed by atoms with Gasteiger partial charge in [0.25, 0.3) is 0 Å². The number of hydrogen-bond acceptors (Lipinski definition) is 1. The van der Waals surface area contributed by atoms with E-state index >= 15 is 0 Å². The standard InChI is InChI=1S/C14H6Cl3F5O/c15-9-3-2-7(11(16)12(9)17)6-1-4-10(23-13(18)19)8(5-6)14(20,21)22/h1-5,13H. The predicted molar refractivity (Wildman–Crippen MR) is 78.5 cm³/mol. The maximum Gasteiger partial charge on any atom is 0.419 e. The SMILES string of the molecule is FC(F)Oc1ccc(-c2ccc(Cl)c(Cl)c2Cl)cc1C(F)(F)F. The van der Waals surface area contributed by atoms with E-state index in [1.165, 1.54) is 18.2 Å². The summed E-state index contributed by atoms with van der Waals surface area (Å²) in [5, 5.41) is 0.0660. The quantitative estimate of drug-likeness (QED) is 0.407. The van der Waals surface area contributed by atoms with Crippen LogP contribution in [0.4, 0.5) is 22.0 Å². The Morgan fingerprint density at radius 2 is 1.57 bits per heavy atom. The highest BCUT2D eigenvalue weighted by molar-refractivity contribution is 6.49. The fourth-order valence-corrected chi connectivity index (χ4v) is 2.51. The Hall–Kier alpha value is -1.24. The molecule has 0 spiro atoms. The second-order valence-electron chi connectivity index (χ2n) is 4.31. The third-order valence-corrected chi connectivity index (χ3v) is 4.14. The Morgan fingerprint density at radius 3 is 2.13 bits per heavy atom. The van der Waals surface area contributed by atoms with E-state index in [1.807, 2.05) is 0 Å². The van der Waals surface area contributed by atoms with Crippen LogP contribution in [0, 0.1) is 0 Å². The molecule has 2 rings (SSSR count). The Morgan fingerprint density at radius 1 is 0.913 bits per heavy atom. The van der Waals surface area contributed by atoms with Crippen LogP contribution in [0.3, 0.4) is 0 Å². The van der Waals surface area contributed by atoms with Gasteiger partial charge in [-0.15, -0.1) is 0 Å². The summed E-state index contributed by atoms with van der Waals surface area (Å²) in [6.45, 7) is -3.38. The van der Waals surface area contributed by atoms with E-state index in [1.54, 1.807) is 0 Å². The summed E-state index contributed by atoms with van der Waals surface area (Å²) < 4.78 is 67.5. The van der Waals surface area contributed by atoms with Crippen LogP contribution in [0.15, 0.2) is 30.3 Å². The summed E-state index contributed by atoms with van der Waals surface area (Å²) in [4.78, 5) is 0. The fourth-order valence-electron chi connectivity index (χ4n) is 1.87. The van der Waals surface area contributed by atoms with Gasteiger partial charge in [-0.25, -0.2) is 0 Å². The smallest absolute Gasteiger partial charge is 0.419 e. The average molecular weight is 392 g/mol. The molecule has 0 radical (unpaired) electrons. The maximum absolute atomic E-state index is 13.0. The zero-order valence-corrected chi connectivity index (χ0v) is 13.2. The molecule has 0 fully saturated rings. The van der Waals surface area contributed by atoms with Crippen LogP contribution < -0.4 is 4.74 Å². The van der Waals surface area contributed by atoms with Crippen LogP contribution in [0.2, 0.25) is 15.1 Å². The first-order chi connectivity index (χ1) is 10.6. The molecule has 0 saturated heterocycles. The molecule has 23 heavy (non-hydrogen) atoms. The lowest BCUT2D eigenvalue weighted by Crippen LogP contribution is -2.11. The summed E-state index contributed by atoms with van der Waals surface area (Å²) in [6, 6.07) is 5.35. The van der Waals surface area contributed by atoms with Gasteiger partial charge in [-0.3, -0.25) is 0 Å². The molecule has 0 amide bonds. The monoisotopic (exact) mass is 390 g/mol. The van der Waals surface area contributed by atoms with Crippen molar-refractivity contribution in [2.45, 2.75) is 12.8 Å². The number of hydrogen-bond donors (Lipinski definition) is 0. The summed E-state index contributed by atoms with van der Waals surface area (Å²) in [5.74, 6) is -0.979. The molecule has 2 aromatic carbocycles. The molecule has 2 aromatic rings. The van der Waals surface area contributed by atoms with Gasteiger partial charge in [0, 0.05) is 5.56 Å². The van der Waals surface area contributed by atoms with Crippen LogP contribution in [0.1, 0.15) is 5.56 Å². The first-order valence-corrected chi connectivity index (χ1v) is 7.04. The van der Waals surface area contributed by atoms with E-state index in [4.69, 9.17) is 34.8 Å². The van der Waals surface area contributed by atoms with E-state index in [0.29, 0.717) is 6.07 Å². The number of ether oxygens (including phenoxy) is 1. The molecule has 0 aliphatic heterocycles. The minimum Gasteiger partial charge on any atom is -0.434 e. The molecule has 0 unspecified atom stereocenters. The Bertz CT molecular complexity index is 731. The minimum atomic E-state index is -4.89.